The van der Waals surface area contributed by atoms with E-state index in [1.54, 1.807) is 6.20 Å². The zero-order valence-corrected chi connectivity index (χ0v) is 9.43. The summed E-state index contributed by atoms with van der Waals surface area (Å²) in [6.07, 6.45) is 3.67. The van der Waals surface area contributed by atoms with E-state index in [9.17, 15) is 0 Å². The van der Waals surface area contributed by atoms with Crippen molar-refractivity contribution in [3.05, 3.63) is 16.5 Å². The monoisotopic (exact) mass is 254 g/mol. The lowest BCUT2D eigenvalue weighted by Gasteiger charge is -1.94. The van der Waals surface area contributed by atoms with E-state index >= 15 is 0 Å². The molecule has 2 aromatic rings. The summed E-state index contributed by atoms with van der Waals surface area (Å²) in [6, 6.07) is 0. The molecule has 0 amide bonds. The molecular weight excluding hydrogens is 244 g/mol. The second-order valence-electron chi connectivity index (χ2n) is 3.15. The zero-order chi connectivity index (χ0) is 10.1. The number of aryl methyl sites for hydroxylation is 1. The van der Waals surface area contributed by atoms with Gasteiger partial charge in [0.2, 0.25) is 0 Å². The number of imidazole rings is 1. The maximum absolute atomic E-state index is 5.73. The minimum atomic E-state index is 0.498. The first-order chi connectivity index (χ1) is 6.72. The van der Waals surface area contributed by atoms with Crippen LogP contribution in [0.4, 0.5) is 5.82 Å². The summed E-state index contributed by atoms with van der Waals surface area (Å²) in [5.74, 6) is 1.46. The van der Waals surface area contributed by atoms with Gasteiger partial charge in [0, 0.05) is 12.6 Å². The molecule has 0 bridgehead atoms. The van der Waals surface area contributed by atoms with E-state index in [4.69, 9.17) is 5.73 Å². The lowest BCUT2D eigenvalue weighted by atomic mass is 10.3. The highest BCUT2D eigenvalue weighted by Gasteiger charge is 2.08. The molecule has 0 aliphatic heterocycles. The van der Waals surface area contributed by atoms with Gasteiger partial charge in [-0.3, -0.25) is 0 Å². The van der Waals surface area contributed by atoms with Crippen molar-refractivity contribution < 1.29 is 0 Å². The summed E-state index contributed by atoms with van der Waals surface area (Å²) in [4.78, 5) is 11.7. The minimum Gasteiger partial charge on any atom is -0.382 e. The number of nitrogens with two attached hydrogens (primary N) is 1. The Hall–Kier alpha value is -1.10. The largest absolute Gasteiger partial charge is 0.382 e. The average molecular weight is 255 g/mol. The van der Waals surface area contributed by atoms with Gasteiger partial charge in [0.15, 0.2) is 0 Å². The van der Waals surface area contributed by atoms with Crippen LogP contribution in [-0.2, 0) is 6.42 Å². The fourth-order valence-corrected chi connectivity index (χ4v) is 1.78. The number of fused-ring (bicyclic) bond motifs is 1. The highest BCUT2D eigenvalue weighted by Crippen LogP contribution is 2.24. The molecule has 0 fully saturated rings. The molecular formula is C9H11BrN4. The van der Waals surface area contributed by atoms with E-state index in [-0.39, 0.29) is 0 Å². The molecule has 2 aromatic heterocycles. The number of rotatable bonds is 2. The first-order valence-electron chi connectivity index (χ1n) is 4.51. The van der Waals surface area contributed by atoms with Crippen LogP contribution in [0, 0.1) is 0 Å². The van der Waals surface area contributed by atoms with Crippen molar-refractivity contribution in [2.45, 2.75) is 19.8 Å². The quantitative estimate of drug-likeness (QED) is 0.864. The molecule has 74 valence electrons. The molecule has 0 aliphatic rings. The molecule has 0 saturated carbocycles. The Balaban J connectivity index is 2.63. The van der Waals surface area contributed by atoms with E-state index in [1.165, 1.54) is 0 Å². The molecule has 2 heterocycles. The third kappa shape index (κ3) is 1.48. The highest BCUT2D eigenvalue weighted by molar-refractivity contribution is 9.10. The highest BCUT2D eigenvalue weighted by atomic mass is 79.9. The Morgan fingerprint density at radius 1 is 1.57 bits per heavy atom. The number of nitrogens with zero attached hydrogens (tertiary/aromatic N) is 2. The predicted molar refractivity (Wildman–Crippen MR) is 60.0 cm³/mol. The van der Waals surface area contributed by atoms with Gasteiger partial charge in [-0.1, -0.05) is 6.92 Å². The van der Waals surface area contributed by atoms with Crippen LogP contribution >= 0.6 is 15.9 Å². The second-order valence-corrected chi connectivity index (χ2v) is 4.00. The fourth-order valence-electron chi connectivity index (χ4n) is 1.39. The molecule has 14 heavy (non-hydrogen) atoms. The number of hydrogen-bond acceptors (Lipinski definition) is 3. The number of nitrogens with one attached hydrogen (secondary N) is 1. The van der Waals surface area contributed by atoms with Crippen molar-refractivity contribution in [1.82, 2.24) is 15.0 Å². The maximum Gasteiger partial charge on any atom is 0.149 e. The van der Waals surface area contributed by atoms with Crippen molar-refractivity contribution in [2.75, 3.05) is 5.73 Å². The number of halogens is 1. The molecule has 4 nitrogen and oxygen atoms in total. The first-order valence-corrected chi connectivity index (χ1v) is 5.30. The smallest absolute Gasteiger partial charge is 0.149 e. The molecule has 0 aromatic carbocycles. The third-order valence-electron chi connectivity index (χ3n) is 2.04. The van der Waals surface area contributed by atoms with Crippen LogP contribution in [0.15, 0.2) is 10.7 Å². The van der Waals surface area contributed by atoms with Crippen LogP contribution in [-0.4, -0.2) is 15.0 Å². The van der Waals surface area contributed by atoms with Gasteiger partial charge in [0.1, 0.15) is 22.7 Å². The molecule has 0 unspecified atom stereocenters. The van der Waals surface area contributed by atoms with Crippen LogP contribution in [0.5, 0.6) is 0 Å². The predicted octanol–water partition coefficient (Wildman–Crippen LogP) is 2.26. The molecule has 3 N–H and O–H groups in total. The van der Waals surface area contributed by atoms with Gasteiger partial charge < -0.3 is 10.7 Å². The van der Waals surface area contributed by atoms with Crippen molar-refractivity contribution in [3.63, 3.8) is 0 Å². The summed E-state index contributed by atoms with van der Waals surface area (Å²) in [6.45, 7) is 2.11. The Kier molecular flexibility index (Phi) is 2.41. The number of aromatic nitrogens is 3. The summed E-state index contributed by atoms with van der Waals surface area (Å²) >= 11 is 3.39. The van der Waals surface area contributed by atoms with Gasteiger partial charge in [0.25, 0.3) is 0 Å². The lowest BCUT2D eigenvalue weighted by Crippen LogP contribution is -1.91. The van der Waals surface area contributed by atoms with Crippen LogP contribution in [0.1, 0.15) is 19.2 Å². The van der Waals surface area contributed by atoms with E-state index < -0.39 is 0 Å². The van der Waals surface area contributed by atoms with Crippen LogP contribution in [0.2, 0.25) is 0 Å². The molecule has 0 aliphatic carbocycles. The van der Waals surface area contributed by atoms with Crippen molar-refractivity contribution in [3.8, 4) is 0 Å². The van der Waals surface area contributed by atoms with Gasteiger partial charge in [-0.05, 0) is 22.4 Å². The van der Waals surface area contributed by atoms with Gasteiger partial charge >= 0.3 is 0 Å². The minimum absolute atomic E-state index is 0.498. The number of anilines is 1. The lowest BCUT2D eigenvalue weighted by molar-refractivity contribution is 0.861. The van der Waals surface area contributed by atoms with Gasteiger partial charge in [-0.25, -0.2) is 9.97 Å². The van der Waals surface area contributed by atoms with Crippen molar-refractivity contribution in [1.29, 1.82) is 0 Å². The van der Waals surface area contributed by atoms with E-state index in [0.29, 0.717) is 5.82 Å². The number of aromatic amines is 1. The van der Waals surface area contributed by atoms with Gasteiger partial charge in [0.05, 0.1) is 4.47 Å². The standard InChI is InChI=1S/C9H11BrN4/c1-2-3-6-13-7-5(10)4-12-9(11)8(7)14-6/h4H,2-3H2,1H3,(H2,11,12)(H,13,14). The number of nitrogen functional groups attached to an aromatic ring is 1. The SMILES string of the molecule is CCCc1nc2c(Br)cnc(N)c2[nH]1. The Labute approximate surface area is 90.1 Å². The molecule has 0 atom stereocenters. The summed E-state index contributed by atoms with van der Waals surface area (Å²) in [5.41, 5.74) is 7.42. The van der Waals surface area contributed by atoms with Crippen LogP contribution in [0.3, 0.4) is 0 Å². The number of hydrogen-bond donors (Lipinski definition) is 2. The van der Waals surface area contributed by atoms with E-state index in [1.807, 2.05) is 0 Å². The third-order valence-corrected chi connectivity index (χ3v) is 2.62. The Morgan fingerprint density at radius 3 is 3.00 bits per heavy atom. The van der Waals surface area contributed by atoms with E-state index in [2.05, 4.69) is 37.8 Å². The summed E-state index contributed by atoms with van der Waals surface area (Å²) in [5, 5.41) is 0. The Morgan fingerprint density at radius 2 is 2.36 bits per heavy atom. The van der Waals surface area contributed by atoms with Gasteiger partial charge in [-0.15, -0.1) is 0 Å². The van der Waals surface area contributed by atoms with Crippen molar-refractivity contribution >= 4 is 32.8 Å². The molecule has 0 spiro atoms. The van der Waals surface area contributed by atoms with Crippen LogP contribution < -0.4 is 5.73 Å². The molecule has 2 rings (SSSR count). The van der Waals surface area contributed by atoms with Crippen molar-refractivity contribution in [2.24, 2.45) is 0 Å². The topological polar surface area (TPSA) is 67.6 Å². The molecule has 5 heteroatoms. The normalized spacial score (nSPS) is 11.0. The molecule has 0 radical (unpaired) electrons. The van der Waals surface area contributed by atoms with Gasteiger partial charge in [-0.2, -0.15) is 0 Å². The average Bonchev–Trinajstić information content (AvgIpc) is 2.57. The first kappa shape index (κ1) is 9.45. The Bertz CT molecular complexity index is 424. The van der Waals surface area contributed by atoms with E-state index in [0.717, 1.165) is 34.2 Å². The van der Waals surface area contributed by atoms with Crippen LogP contribution in [0.25, 0.3) is 11.0 Å². The zero-order valence-electron chi connectivity index (χ0n) is 7.84. The molecule has 0 saturated heterocycles. The summed E-state index contributed by atoms with van der Waals surface area (Å²) in [7, 11) is 0. The fraction of sp³-hybridized carbons (Fsp3) is 0.333. The number of pyridine rings is 1. The number of H-pyrrole nitrogens is 1. The second kappa shape index (κ2) is 3.57. The maximum atomic E-state index is 5.73. The summed E-state index contributed by atoms with van der Waals surface area (Å²) < 4.78 is 0.875.